The lowest BCUT2D eigenvalue weighted by atomic mass is 9.75. The van der Waals surface area contributed by atoms with Crippen molar-refractivity contribution in [3.05, 3.63) is 16.1 Å². The van der Waals surface area contributed by atoms with Crippen molar-refractivity contribution in [2.45, 2.75) is 44.3 Å². The summed E-state index contributed by atoms with van der Waals surface area (Å²) in [6.07, 6.45) is 3.98. The first kappa shape index (κ1) is 14.9. The molecule has 0 saturated heterocycles. The third-order valence-corrected chi connectivity index (χ3v) is 5.28. The van der Waals surface area contributed by atoms with Crippen molar-refractivity contribution in [1.29, 1.82) is 0 Å². The molecule has 0 amide bonds. The van der Waals surface area contributed by atoms with Crippen molar-refractivity contribution < 1.29 is 0 Å². The Kier molecular flexibility index (Phi) is 4.61. The summed E-state index contributed by atoms with van der Waals surface area (Å²) in [7, 11) is 6.59. The number of rotatable bonds is 6. The maximum absolute atomic E-state index is 5.86. The number of likely N-dealkylation sites (N-methyl/N-ethyl adjacent to an activating group) is 2. The molecule has 0 spiro atoms. The lowest BCUT2D eigenvalue weighted by Gasteiger charge is -2.49. The third kappa shape index (κ3) is 3.34. The van der Waals surface area contributed by atoms with Crippen LogP contribution >= 0.6 is 11.3 Å². The van der Waals surface area contributed by atoms with Gasteiger partial charge >= 0.3 is 0 Å². The van der Waals surface area contributed by atoms with Gasteiger partial charge in [0, 0.05) is 24.0 Å². The summed E-state index contributed by atoms with van der Waals surface area (Å²) in [5.41, 5.74) is 7.39. The van der Waals surface area contributed by atoms with Gasteiger partial charge in [-0.3, -0.25) is 4.90 Å². The van der Waals surface area contributed by atoms with E-state index in [1.54, 1.807) is 11.3 Å². The molecule has 4 nitrogen and oxygen atoms in total. The lowest BCUT2D eigenvalue weighted by molar-refractivity contribution is 0.0256. The molecule has 19 heavy (non-hydrogen) atoms. The van der Waals surface area contributed by atoms with E-state index in [9.17, 15) is 0 Å². The molecular weight excluding hydrogens is 256 g/mol. The maximum Gasteiger partial charge on any atom is 0.109 e. The molecule has 1 fully saturated rings. The Morgan fingerprint density at radius 3 is 2.53 bits per heavy atom. The van der Waals surface area contributed by atoms with E-state index in [0.717, 1.165) is 23.8 Å². The highest BCUT2D eigenvalue weighted by atomic mass is 32.1. The molecule has 0 radical (unpaired) electrons. The zero-order valence-corrected chi connectivity index (χ0v) is 13.3. The van der Waals surface area contributed by atoms with Crippen LogP contribution in [0.3, 0.4) is 0 Å². The molecule has 108 valence electrons. The first-order valence-corrected chi connectivity index (χ1v) is 7.87. The fourth-order valence-corrected chi connectivity index (χ4v) is 3.54. The molecule has 1 aromatic heterocycles. The van der Waals surface area contributed by atoms with Crippen LogP contribution in [-0.4, -0.2) is 48.0 Å². The van der Waals surface area contributed by atoms with Gasteiger partial charge < -0.3 is 10.6 Å². The van der Waals surface area contributed by atoms with Crippen LogP contribution in [0.25, 0.3) is 0 Å². The number of thiazole rings is 1. The van der Waals surface area contributed by atoms with Gasteiger partial charge in [-0.25, -0.2) is 4.98 Å². The van der Waals surface area contributed by atoms with Crippen LogP contribution in [0.1, 0.15) is 42.9 Å². The maximum atomic E-state index is 5.86. The van der Waals surface area contributed by atoms with Crippen LogP contribution in [0.15, 0.2) is 5.38 Å². The first-order valence-electron chi connectivity index (χ1n) is 6.99. The lowest BCUT2D eigenvalue weighted by Crippen LogP contribution is -2.56. The van der Waals surface area contributed by atoms with E-state index in [2.05, 4.69) is 41.3 Å². The van der Waals surface area contributed by atoms with Crippen molar-refractivity contribution in [2.75, 3.05) is 27.7 Å². The third-order valence-electron chi connectivity index (χ3n) is 4.19. The monoisotopic (exact) mass is 282 g/mol. The minimum absolute atomic E-state index is 0.0452. The van der Waals surface area contributed by atoms with Gasteiger partial charge in [-0.15, -0.1) is 11.3 Å². The van der Waals surface area contributed by atoms with Crippen molar-refractivity contribution in [2.24, 2.45) is 5.73 Å². The van der Waals surface area contributed by atoms with Crippen molar-refractivity contribution in [1.82, 2.24) is 14.8 Å². The summed E-state index contributed by atoms with van der Waals surface area (Å²) in [5.74, 6) is 0. The molecule has 2 rings (SSSR count). The Morgan fingerprint density at radius 2 is 2.11 bits per heavy atom. The highest BCUT2D eigenvalue weighted by molar-refractivity contribution is 7.09. The van der Waals surface area contributed by atoms with Crippen LogP contribution in [0, 0.1) is 0 Å². The number of aromatic nitrogens is 1. The normalized spacial score (nSPS) is 19.7. The Morgan fingerprint density at radius 1 is 1.42 bits per heavy atom. The second-order valence-corrected chi connectivity index (χ2v) is 7.00. The van der Waals surface area contributed by atoms with E-state index in [4.69, 9.17) is 5.73 Å². The Balaban J connectivity index is 1.91. The minimum Gasteiger partial charge on any atom is -0.322 e. The molecule has 0 aliphatic heterocycles. The van der Waals surface area contributed by atoms with E-state index in [-0.39, 0.29) is 6.04 Å². The highest BCUT2D eigenvalue weighted by Crippen LogP contribution is 2.36. The fourth-order valence-electron chi connectivity index (χ4n) is 2.77. The van der Waals surface area contributed by atoms with Gasteiger partial charge in [0.15, 0.2) is 0 Å². The topological polar surface area (TPSA) is 45.4 Å². The molecule has 0 aromatic carbocycles. The van der Waals surface area contributed by atoms with Crippen LogP contribution in [0.4, 0.5) is 0 Å². The van der Waals surface area contributed by atoms with E-state index in [1.807, 2.05) is 6.92 Å². The van der Waals surface area contributed by atoms with E-state index >= 15 is 0 Å². The quantitative estimate of drug-likeness (QED) is 0.868. The summed E-state index contributed by atoms with van der Waals surface area (Å²) in [5, 5.41) is 3.17. The molecule has 1 aromatic rings. The zero-order valence-electron chi connectivity index (χ0n) is 12.5. The molecule has 1 saturated carbocycles. The van der Waals surface area contributed by atoms with Gasteiger partial charge in [0.05, 0.1) is 11.7 Å². The largest absolute Gasteiger partial charge is 0.322 e. The predicted octanol–water partition coefficient (Wildman–Crippen LogP) is 2.08. The summed E-state index contributed by atoms with van der Waals surface area (Å²) in [6, 6.07) is 0.0452. The van der Waals surface area contributed by atoms with Crippen LogP contribution in [-0.2, 0) is 6.54 Å². The van der Waals surface area contributed by atoms with E-state index < -0.39 is 0 Å². The number of nitrogens with zero attached hydrogens (tertiary/aromatic N) is 3. The second-order valence-electron chi connectivity index (χ2n) is 6.11. The zero-order chi connectivity index (χ0) is 14.0. The summed E-state index contributed by atoms with van der Waals surface area (Å²) >= 11 is 1.67. The Hall–Kier alpha value is -0.490. The average Bonchev–Trinajstić information content (AvgIpc) is 2.71. The molecule has 1 aliphatic carbocycles. The summed E-state index contributed by atoms with van der Waals surface area (Å²) < 4.78 is 0. The molecule has 1 heterocycles. The molecule has 2 N–H and O–H groups in total. The molecule has 1 atom stereocenters. The molecule has 0 bridgehead atoms. The van der Waals surface area contributed by atoms with Crippen LogP contribution < -0.4 is 5.73 Å². The van der Waals surface area contributed by atoms with Gasteiger partial charge in [-0.1, -0.05) is 0 Å². The first-order chi connectivity index (χ1) is 8.93. The number of hydrogen-bond acceptors (Lipinski definition) is 5. The van der Waals surface area contributed by atoms with Crippen molar-refractivity contribution >= 4 is 11.3 Å². The van der Waals surface area contributed by atoms with Gasteiger partial charge in [-0.05, 0) is 47.3 Å². The second kappa shape index (κ2) is 5.87. The van der Waals surface area contributed by atoms with E-state index in [0.29, 0.717) is 5.54 Å². The number of nitrogens with two attached hydrogens (primary N) is 1. The van der Waals surface area contributed by atoms with Crippen molar-refractivity contribution in [3.8, 4) is 0 Å². The highest BCUT2D eigenvalue weighted by Gasteiger charge is 2.39. The van der Waals surface area contributed by atoms with Crippen LogP contribution in [0.2, 0.25) is 0 Å². The Labute approximate surface area is 120 Å². The molecular formula is C14H26N4S. The molecule has 1 aliphatic rings. The summed E-state index contributed by atoms with van der Waals surface area (Å²) in [6.45, 7) is 4.02. The smallest absolute Gasteiger partial charge is 0.109 e. The van der Waals surface area contributed by atoms with Gasteiger partial charge in [0.25, 0.3) is 0 Å². The van der Waals surface area contributed by atoms with Gasteiger partial charge in [0.2, 0.25) is 0 Å². The minimum atomic E-state index is 0.0452. The number of hydrogen-bond donors (Lipinski definition) is 1. The Bertz CT molecular complexity index is 409. The predicted molar refractivity (Wildman–Crippen MR) is 81.3 cm³/mol. The molecule has 5 heteroatoms. The fraction of sp³-hybridized carbons (Fsp3) is 0.786. The van der Waals surface area contributed by atoms with Crippen LogP contribution in [0.5, 0.6) is 0 Å². The van der Waals surface area contributed by atoms with Gasteiger partial charge in [-0.2, -0.15) is 0 Å². The average molecular weight is 282 g/mol. The standard InChI is InChI=1S/C14H26N4S/c1-11(15)13-16-12(9-19-13)8-18(4)10-14(17(2)3)6-5-7-14/h9,11H,5-8,10,15H2,1-4H3. The molecule has 1 unspecified atom stereocenters. The van der Waals surface area contributed by atoms with E-state index in [1.165, 1.54) is 19.3 Å². The van der Waals surface area contributed by atoms with Crippen molar-refractivity contribution in [3.63, 3.8) is 0 Å². The SMILES string of the molecule is CC(N)c1nc(CN(C)CC2(N(C)C)CCC2)cs1. The summed E-state index contributed by atoms with van der Waals surface area (Å²) in [4.78, 5) is 9.39. The van der Waals surface area contributed by atoms with Gasteiger partial charge in [0.1, 0.15) is 5.01 Å².